The van der Waals surface area contributed by atoms with Gasteiger partial charge in [0.25, 0.3) is 0 Å². The Morgan fingerprint density at radius 3 is 1.58 bits per heavy atom. The molecule has 0 aliphatic heterocycles. The van der Waals surface area contributed by atoms with E-state index in [1.54, 1.807) is 0 Å². The Kier molecular flexibility index (Phi) is 7.13. The van der Waals surface area contributed by atoms with Crippen molar-refractivity contribution in [1.82, 2.24) is 9.13 Å². The number of fused-ring (bicyclic) bond motifs is 13. The molecule has 4 aromatic heterocycles. The molecule has 13 rings (SSSR count). The first-order chi connectivity index (χ1) is 29.8. The lowest BCUT2D eigenvalue weighted by molar-refractivity contribution is 0.668. The first-order valence-electron chi connectivity index (χ1n) is 20.7. The highest BCUT2D eigenvalue weighted by molar-refractivity contribution is 6.95. The summed E-state index contributed by atoms with van der Waals surface area (Å²) >= 11 is 0. The lowest BCUT2D eigenvalue weighted by atomic mass is 9.36. The smallest absolute Gasteiger partial charge is 0.241 e. The van der Waals surface area contributed by atoms with Crippen molar-refractivity contribution in [3.63, 3.8) is 0 Å². The number of hydrogen-bond acceptors (Lipinski definition) is 2. The molecule has 4 nitrogen and oxygen atoms in total. The van der Waals surface area contributed by atoms with Crippen LogP contribution in [0.2, 0.25) is 0 Å². The zero-order chi connectivity index (χ0) is 39.3. The van der Waals surface area contributed by atoms with Gasteiger partial charge in [-0.2, -0.15) is 0 Å². The summed E-state index contributed by atoms with van der Waals surface area (Å²) in [4.78, 5) is 0. The molecule has 0 radical (unpaired) electrons. The maximum atomic E-state index is 6.33. The summed E-state index contributed by atoms with van der Waals surface area (Å²) in [6.07, 6.45) is 12.1. The Morgan fingerprint density at radius 1 is 0.400 bits per heavy atom. The summed E-state index contributed by atoms with van der Waals surface area (Å²) in [7, 11) is 0. The molecule has 1 aliphatic rings. The second-order valence-corrected chi connectivity index (χ2v) is 16.0. The minimum atomic E-state index is -0.0892. The van der Waals surface area contributed by atoms with Crippen LogP contribution in [-0.4, -0.2) is 15.8 Å². The number of allylic oxidation sites excluding steroid dienone is 6. The van der Waals surface area contributed by atoms with Gasteiger partial charge in [-0.25, -0.2) is 0 Å². The molecule has 12 aromatic rings. The summed E-state index contributed by atoms with van der Waals surface area (Å²) in [6, 6.07) is 61.6. The monoisotopic (exact) mass is 766 g/mol. The summed E-state index contributed by atoms with van der Waals surface area (Å²) in [5, 5.41) is 9.42. The zero-order valence-electron chi connectivity index (χ0n) is 32.5. The van der Waals surface area contributed by atoms with E-state index in [0.29, 0.717) is 0 Å². The Balaban J connectivity index is 1.10. The number of hydrogen-bond donors (Lipinski definition) is 0. The van der Waals surface area contributed by atoms with Gasteiger partial charge < -0.3 is 18.0 Å². The molecule has 0 bridgehead atoms. The van der Waals surface area contributed by atoms with Crippen LogP contribution in [0.1, 0.15) is 6.42 Å². The Hall–Kier alpha value is -7.76. The van der Waals surface area contributed by atoms with Crippen LogP contribution >= 0.6 is 0 Å². The third-order valence-corrected chi connectivity index (χ3v) is 12.6. The summed E-state index contributed by atoms with van der Waals surface area (Å²) < 4.78 is 17.6. The highest BCUT2D eigenvalue weighted by Crippen LogP contribution is 2.42. The van der Waals surface area contributed by atoms with E-state index in [9.17, 15) is 0 Å². The van der Waals surface area contributed by atoms with Crippen LogP contribution in [-0.2, 0) is 0 Å². The molecular formula is C55H35BN2O2. The van der Waals surface area contributed by atoms with E-state index in [0.717, 1.165) is 61.7 Å². The second kappa shape index (κ2) is 12.9. The molecule has 8 aromatic carbocycles. The number of aromatic nitrogens is 2. The van der Waals surface area contributed by atoms with Crippen LogP contribution in [0.4, 0.5) is 0 Å². The quantitative estimate of drug-likeness (QED) is 0.164. The minimum absolute atomic E-state index is 0.0892. The van der Waals surface area contributed by atoms with Gasteiger partial charge in [-0.3, -0.25) is 0 Å². The van der Waals surface area contributed by atoms with Gasteiger partial charge in [0.15, 0.2) is 0 Å². The fraction of sp³-hybridized carbons (Fsp3) is 0.0182. The first-order valence-corrected chi connectivity index (χ1v) is 20.7. The van der Waals surface area contributed by atoms with Gasteiger partial charge in [0.2, 0.25) is 6.71 Å². The lowest BCUT2D eigenvalue weighted by Gasteiger charge is -2.18. The van der Waals surface area contributed by atoms with Crippen LogP contribution in [0.5, 0.6) is 0 Å². The second-order valence-electron chi connectivity index (χ2n) is 16.0. The average molecular weight is 767 g/mol. The third-order valence-electron chi connectivity index (χ3n) is 12.6. The van der Waals surface area contributed by atoms with Gasteiger partial charge in [0.1, 0.15) is 22.3 Å². The molecule has 0 atom stereocenters. The predicted octanol–water partition coefficient (Wildman–Crippen LogP) is 12.6. The lowest BCUT2D eigenvalue weighted by Crippen LogP contribution is -2.52. The van der Waals surface area contributed by atoms with E-state index in [2.05, 4.69) is 197 Å². The average Bonchev–Trinajstić information content (AvgIpc) is 3.99. The van der Waals surface area contributed by atoms with Crippen molar-refractivity contribution in [3.05, 3.63) is 200 Å². The SMILES string of the molecule is C1=CCC=CC(n2c3ccccc3c3ccc4c5ccccc5n(-c5cccc(B(c6ccc7oc8ccccc8c7c6)c6ccc7oc8ccccc8c7c6)c5)c4c32)=C1. The molecule has 5 heteroatoms. The molecule has 0 spiro atoms. The molecule has 0 amide bonds. The van der Waals surface area contributed by atoms with E-state index in [-0.39, 0.29) is 6.71 Å². The Labute approximate surface area is 345 Å². The van der Waals surface area contributed by atoms with Gasteiger partial charge in [0, 0.05) is 54.5 Å². The Morgan fingerprint density at radius 2 is 0.933 bits per heavy atom. The van der Waals surface area contributed by atoms with Crippen molar-refractivity contribution in [2.75, 3.05) is 0 Å². The molecule has 4 heterocycles. The van der Waals surface area contributed by atoms with E-state index in [1.807, 2.05) is 12.1 Å². The number of rotatable bonds is 5. The van der Waals surface area contributed by atoms with Crippen molar-refractivity contribution in [3.8, 4) is 5.69 Å². The maximum Gasteiger partial charge on any atom is 0.241 e. The molecule has 280 valence electrons. The molecule has 60 heavy (non-hydrogen) atoms. The van der Waals surface area contributed by atoms with E-state index in [1.165, 1.54) is 60.0 Å². The van der Waals surface area contributed by atoms with E-state index >= 15 is 0 Å². The normalized spacial score (nSPS) is 13.2. The fourth-order valence-electron chi connectivity index (χ4n) is 10.0. The van der Waals surface area contributed by atoms with E-state index in [4.69, 9.17) is 8.83 Å². The molecule has 0 saturated heterocycles. The van der Waals surface area contributed by atoms with Gasteiger partial charge in [0.05, 0.1) is 22.1 Å². The van der Waals surface area contributed by atoms with E-state index < -0.39 is 0 Å². The number of benzene rings is 8. The topological polar surface area (TPSA) is 36.1 Å². The number of furan rings is 2. The Bertz CT molecular complexity index is 3720. The minimum Gasteiger partial charge on any atom is -0.456 e. The highest BCUT2D eigenvalue weighted by Gasteiger charge is 2.26. The largest absolute Gasteiger partial charge is 0.456 e. The van der Waals surface area contributed by atoms with Crippen molar-refractivity contribution >= 4 is 116 Å². The van der Waals surface area contributed by atoms with Crippen LogP contribution in [0.15, 0.2) is 209 Å². The van der Waals surface area contributed by atoms with Gasteiger partial charge >= 0.3 is 0 Å². The molecule has 1 aliphatic carbocycles. The van der Waals surface area contributed by atoms with Gasteiger partial charge in [-0.05, 0) is 67.1 Å². The highest BCUT2D eigenvalue weighted by atomic mass is 16.3. The van der Waals surface area contributed by atoms with Crippen molar-refractivity contribution < 1.29 is 8.83 Å². The zero-order valence-corrected chi connectivity index (χ0v) is 32.5. The molecule has 0 unspecified atom stereocenters. The van der Waals surface area contributed by atoms with Crippen LogP contribution in [0, 0.1) is 0 Å². The fourth-order valence-corrected chi connectivity index (χ4v) is 10.0. The van der Waals surface area contributed by atoms with Gasteiger partial charge in [-0.15, -0.1) is 0 Å². The standard InChI is InChI=1S/C55H35BN2O2/c1-2-4-16-38(15-3-1)57-48-22-9-5-18-40(48)44-28-29-45-41-19-6-10-23-49(41)58(55(45)54(44)57)39-17-13-14-35(32-39)56(36-26-30-52-46(33-36)42-20-7-11-24-50(42)59-52)37-27-31-53-47(34-37)43-21-8-12-25-51(43)60-53/h1,3-34H,2H2. The third kappa shape index (κ3) is 4.87. The van der Waals surface area contributed by atoms with Crippen LogP contribution in [0.3, 0.4) is 0 Å². The summed E-state index contributed by atoms with van der Waals surface area (Å²) in [5.74, 6) is 0. The van der Waals surface area contributed by atoms with Crippen LogP contribution in [0.25, 0.3) is 98.9 Å². The number of para-hydroxylation sites is 4. The summed E-state index contributed by atoms with van der Waals surface area (Å²) in [5.41, 5.74) is 14.2. The molecular weight excluding hydrogens is 731 g/mol. The maximum absolute atomic E-state index is 6.33. The predicted molar refractivity (Wildman–Crippen MR) is 253 cm³/mol. The van der Waals surface area contributed by atoms with Crippen molar-refractivity contribution in [2.24, 2.45) is 0 Å². The number of nitrogens with zero attached hydrogens (tertiary/aromatic N) is 2. The molecule has 0 N–H and O–H groups in total. The molecule has 0 saturated carbocycles. The van der Waals surface area contributed by atoms with Crippen LogP contribution < -0.4 is 16.4 Å². The first kappa shape index (κ1) is 33.2. The van der Waals surface area contributed by atoms with Crippen molar-refractivity contribution in [1.29, 1.82) is 0 Å². The van der Waals surface area contributed by atoms with Gasteiger partial charge in [-0.1, -0.05) is 156 Å². The molecule has 0 fully saturated rings. The van der Waals surface area contributed by atoms with Crippen molar-refractivity contribution in [2.45, 2.75) is 6.42 Å². The summed E-state index contributed by atoms with van der Waals surface area (Å²) in [6.45, 7) is -0.0892.